The van der Waals surface area contributed by atoms with Crippen molar-refractivity contribution >= 4 is 27.3 Å². The first-order valence-electron chi connectivity index (χ1n) is 7.69. The number of furan rings is 1. The highest BCUT2D eigenvalue weighted by Gasteiger charge is 2.27. The van der Waals surface area contributed by atoms with Crippen molar-refractivity contribution in [3.63, 3.8) is 0 Å². The van der Waals surface area contributed by atoms with Crippen molar-refractivity contribution in [2.45, 2.75) is 24.1 Å². The van der Waals surface area contributed by atoms with Crippen LogP contribution >= 0.6 is 11.3 Å². The highest BCUT2D eigenvalue weighted by atomic mass is 32.2. The SMILES string of the molecule is Cc1ccc(CN(CCN(C)C)S(=O)(=O)c2ccc(CC(=O)O)s2)o1. The van der Waals surface area contributed by atoms with Gasteiger partial charge in [-0.1, -0.05) is 0 Å². The van der Waals surface area contributed by atoms with E-state index in [0.717, 1.165) is 17.1 Å². The van der Waals surface area contributed by atoms with Gasteiger partial charge in [-0.3, -0.25) is 4.79 Å². The van der Waals surface area contributed by atoms with Crippen LogP contribution in [-0.2, 0) is 27.8 Å². The predicted molar refractivity (Wildman–Crippen MR) is 95.3 cm³/mol. The number of thiophene rings is 1. The minimum atomic E-state index is -3.73. The van der Waals surface area contributed by atoms with Gasteiger partial charge in [0.25, 0.3) is 10.0 Å². The number of sulfonamides is 1. The first-order valence-corrected chi connectivity index (χ1v) is 9.95. The molecule has 0 amide bonds. The zero-order valence-corrected chi connectivity index (χ0v) is 16.1. The molecular formula is C16H22N2O5S2. The summed E-state index contributed by atoms with van der Waals surface area (Å²) in [6, 6.07) is 6.57. The Kier molecular flexibility index (Phi) is 6.39. The molecule has 0 saturated heterocycles. The van der Waals surface area contributed by atoms with E-state index >= 15 is 0 Å². The number of aliphatic carboxylic acids is 1. The molecule has 0 unspecified atom stereocenters. The fourth-order valence-corrected chi connectivity index (χ4v) is 5.11. The van der Waals surface area contributed by atoms with Gasteiger partial charge in [-0.25, -0.2) is 8.42 Å². The lowest BCUT2D eigenvalue weighted by Gasteiger charge is -2.22. The number of carboxylic acids is 1. The molecule has 0 spiro atoms. The second-order valence-electron chi connectivity index (χ2n) is 5.95. The Morgan fingerprint density at radius 2 is 1.92 bits per heavy atom. The summed E-state index contributed by atoms with van der Waals surface area (Å²) in [6.45, 7) is 2.81. The van der Waals surface area contributed by atoms with Crippen LogP contribution in [0.1, 0.15) is 16.4 Å². The Labute approximate surface area is 151 Å². The first kappa shape index (κ1) is 19.6. The van der Waals surface area contributed by atoms with E-state index in [-0.39, 0.29) is 17.2 Å². The molecule has 0 radical (unpaired) electrons. The van der Waals surface area contributed by atoms with E-state index in [0.29, 0.717) is 23.7 Å². The first-order chi connectivity index (χ1) is 11.7. The number of rotatable bonds is 9. The Morgan fingerprint density at radius 3 is 2.48 bits per heavy atom. The van der Waals surface area contributed by atoms with E-state index in [2.05, 4.69) is 0 Å². The third kappa shape index (κ3) is 5.40. The summed E-state index contributed by atoms with van der Waals surface area (Å²) in [5.74, 6) is 0.309. The average Bonchev–Trinajstić information content (AvgIpc) is 3.12. The van der Waals surface area contributed by atoms with Gasteiger partial charge >= 0.3 is 5.97 Å². The molecule has 0 aromatic carbocycles. The average molecular weight is 386 g/mol. The highest BCUT2D eigenvalue weighted by molar-refractivity contribution is 7.91. The second-order valence-corrected chi connectivity index (χ2v) is 9.28. The van der Waals surface area contributed by atoms with Crippen molar-refractivity contribution in [1.29, 1.82) is 0 Å². The summed E-state index contributed by atoms with van der Waals surface area (Å²) >= 11 is 0.992. The number of carbonyl (C=O) groups is 1. The van der Waals surface area contributed by atoms with Gasteiger partial charge in [-0.2, -0.15) is 4.31 Å². The third-order valence-corrected chi connectivity index (χ3v) is 6.88. The highest BCUT2D eigenvalue weighted by Crippen LogP contribution is 2.26. The second kappa shape index (κ2) is 8.13. The van der Waals surface area contributed by atoms with E-state index in [1.165, 1.54) is 10.4 Å². The van der Waals surface area contributed by atoms with E-state index in [1.807, 2.05) is 19.0 Å². The van der Waals surface area contributed by atoms with Crippen LogP contribution in [0.15, 0.2) is 32.9 Å². The van der Waals surface area contributed by atoms with Crippen LogP contribution in [0.25, 0.3) is 0 Å². The molecule has 2 aromatic heterocycles. The standard InChI is InChI=1S/C16H22N2O5S2/c1-12-4-5-13(23-12)11-18(9-8-17(2)3)25(21,22)16-7-6-14(24-16)10-15(19)20/h4-7H,8-11H2,1-3H3,(H,19,20). The Hall–Kier alpha value is -1.68. The predicted octanol–water partition coefficient (Wildman–Crippen LogP) is 2.03. The van der Waals surface area contributed by atoms with E-state index in [4.69, 9.17) is 9.52 Å². The van der Waals surface area contributed by atoms with Gasteiger partial charge in [0.05, 0.1) is 13.0 Å². The summed E-state index contributed by atoms with van der Waals surface area (Å²) in [7, 11) is 0.0175. The van der Waals surface area contributed by atoms with Gasteiger partial charge in [0.1, 0.15) is 15.7 Å². The van der Waals surface area contributed by atoms with Crippen molar-refractivity contribution in [2.24, 2.45) is 0 Å². The van der Waals surface area contributed by atoms with Crippen molar-refractivity contribution in [2.75, 3.05) is 27.2 Å². The minimum absolute atomic E-state index is 0.135. The summed E-state index contributed by atoms with van der Waals surface area (Å²) in [4.78, 5) is 13.2. The molecule has 0 aliphatic heterocycles. The quantitative estimate of drug-likeness (QED) is 0.709. The van der Waals surface area contributed by atoms with Gasteiger partial charge in [0.15, 0.2) is 0 Å². The number of hydrogen-bond acceptors (Lipinski definition) is 6. The number of likely N-dealkylation sites (N-methyl/N-ethyl adjacent to an activating group) is 1. The summed E-state index contributed by atoms with van der Waals surface area (Å²) in [5, 5.41) is 8.86. The number of aryl methyl sites for hydroxylation is 1. The lowest BCUT2D eigenvalue weighted by atomic mass is 10.3. The molecule has 2 heterocycles. The van der Waals surface area contributed by atoms with Crippen molar-refractivity contribution in [1.82, 2.24) is 9.21 Å². The lowest BCUT2D eigenvalue weighted by Crippen LogP contribution is -2.35. The molecule has 2 rings (SSSR count). The van der Waals surface area contributed by atoms with Crippen LogP contribution in [-0.4, -0.2) is 55.9 Å². The topological polar surface area (TPSA) is 91.1 Å². The third-order valence-electron chi connectivity index (χ3n) is 3.48. The molecule has 138 valence electrons. The van der Waals surface area contributed by atoms with Crippen LogP contribution < -0.4 is 0 Å². The van der Waals surface area contributed by atoms with Crippen molar-refractivity contribution in [3.8, 4) is 0 Å². The molecule has 0 fully saturated rings. The maximum absolute atomic E-state index is 13.0. The zero-order chi connectivity index (χ0) is 18.6. The molecule has 0 bridgehead atoms. The Morgan fingerprint density at radius 1 is 1.20 bits per heavy atom. The van der Waals surface area contributed by atoms with Gasteiger partial charge < -0.3 is 14.4 Å². The molecule has 0 saturated carbocycles. The lowest BCUT2D eigenvalue weighted by molar-refractivity contribution is -0.136. The van der Waals surface area contributed by atoms with Gasteiger partial charge in [0.2, 0.25) is 0 Å². The zero-order valence-electron chi connectivity index (χ0n) is 14.4. The summed E-state index contributed by atoms with van der Waals surface area (Å²) in [5.41, 5.74) is 0. The van der Waals surface area contributed by atoms with Crippen LogP contribution in [0.3, 0.4) is 0 Å². The van der Waals surface area contributed by atoms with E-state index < -0.39 is 16.0 Å². The molecule has 2 aromatic rings. The van der Waals surface area contributed by atoms with E-state index in [1.54, 1.807) is 25.1 Å². The van der Waals surface area contributed by atoms with Gasteiger partial charge in [0, 0.05) is 18.0 Å². The Balaban J connectivity index is 2.26. The molecule has 9 heteroatoms. The number of hydrogen-bond donors (Lipinski definition) is 1. The molecule has 25 heavy (non-hydrogen) atoms. The number of nitrogens with zero attached hydrogens (tertiary/aromatic N) is 2. The summed E-state index contributed by atoms with van der Waals surface area (Å²) in [6.07, 6.45) is -0.185. The number of carboxylic acid groups (broad SMARTS) is 1. The molecule has 0 atom stereocenters. The molecule has 1 N–H and O–H groups in total. The molecular weight excluding hydrogens is 364 g/mol. The fraction of sp³-hybridized carbons (Fsp3) is 0.438. The normalized spacial score (nSPS) is 12.2. The van der Waals surface area contributed by atoms with Gasteiger partial charge in [-0.15, -0.1) is 11.3 Å². The van der Waals surface area contributed by atoms with Crippen LogP contribution in [0.2, 0.25) is 0 Å². The van der Waals surface area contributed by atoms with Crippen molar-refractivity contribution < 1.29 is 22.7 Å². The Bertz CT molecular complexity index is 823. The summed E-state index contributed by atoms with van der Waals surface area (Å²) < 4.78 is 33.0. The maximum atomic E-state index is 13.0. The largest absolute Gasteiger partial charge is 0.481 e. The van der Waals surface area contributed by atoms with Crippen LogP contribution in [0.4, 0.5) is 0 Å². The van der Waals surface area contributed by atoms with Crippen LogP contribution in [0, 0.1) is 6.92 Å². The molecule has 7 nitrogen and oxygen atoms in total. The maximum Gasteiger partial charge on any atom is 0.308 e. The molecule has 0 aliphatic carbocycles. The van der Waals surface area contributed by atoms with E-state index in [9.17, 15) is 13.2 Å². The minimum Gasteiger partial charge on any atom is -0.481 e. The van der Waals surface area contributed by atoms with Gasteiger partial charge in [-0.05, 0) is 45.3 Å². The monoisotopic (exact) mass is 386 g/mol. The fourth-order valence-electron chi connectivity index (χ4n) is 2.21. The molecule has 0 aliphatic rings. The van der Waals surface area contributed by atoms with Crippen LogP contribution in [0.5, 0.6) is 0 Å². The smallest absolute Gasteiger partial charge is 0.308 e. The van der Waals surface area contributed by atoms with Crippen molar-refractivity contribution in [3.05, 3.63) is 40.7 Å².